The molecule has 2 aromatic carbocycles. The summed E-state index contributed by atoms with van der Waals surface area (Å²) in [4.78, 5) is 11.8. The van der Waals surface area contributed by atoms with Crippen LogP contribution in [0.4, 0.5) is 0 Å². The van der Waals surface area contributed by atoms with E-state index in [1.165, 1.54) is 6.08 Å². The zero-order valence-corrected chi connectivity index (χ0v) is 13.9. The minimum Gasteiger partial charge on any atom is -0.462 e. The van der Waals surface area contributed by atoms with Gasteiger partial charge in [-0.25, -0.2) is 4.79 Å². The fraction of sp³-hybridized carbons (Fsp3) is 0.150. The first-order valence-corrected chi connectivity index (χ1v) is 7.87. The van der Waals surface area contributed by atoms with Gasteiger partial charge in [0.15, 0.2) is 5.76 Å². The first-order valence-electron chi connectivity index (χ1n) is 7.87. The van der Waals surface area contributed by atoms with Crippen molar-refractivity contribution in [2.45, 2.75) is 13.8 Å². The van der Waals surface area contributed by atoms with Crippen LogP contribution in [0.15, 0.2) is 52.6 Å². The van der Waals surface area contributed by atoms with Crippen molar-refractivity contribution in [3.63, 3.8) is 0 Å². The molecule has 1 heterocycles. The first kappa shape index (κ1) is 16.5. The van der Waals surface area contributed by atoms with E-state index in [9.17, 15) is 4.79 Å². The van der Waals surface area contributed by atoms with E-state index in [0.717, 1.165) is 16.5 Å². The molecule has 0 saturated heterocycles. The molecule has 5 heteroatoms. The number of fused-ring (bicyclic) bond motifs is 1. The molecule has 0 saturated carbocycles. The number of aryl methyl sites for hydroxylation is 1. The molecular formula is C20H16N2O3. The van der Waals surface area contributed by atoms with E-state index in [1.54, 1.807) is 19.1 Å². The highest BCUT2D eigenvalue weighted by Gasteiger charge is 2.13. The number of carbonyl (C=O) groups is 1. The Morgan fingerprint density at radius 3 is 2.72 bits per heavy atom. The van der Waals surface area contributed by atoms with Crippen LogP contribution in [0.5, 0.6) is 0 Å². The minimum atomic E-state index is -0.630. The smallest absolute Gasteiger partial charge is 0.348 e. The van der Waals surface area contributed by atoms with Gasteiger partial charge in [-0.15, -0.1) is 0 Å². The largest absolute Gasteiger partial charge is 0.462 e. The van der Waals surface area contributed by atoms with E-state index >= 15 is 0 Å². The number of carbonyl (C=O) groups excluding carboxylic acids is 1. The number of aromatic nitrogens is 1. The van der Waals surface area contributed by atoms with Crippen molar-refractivity contribution in [1.82, 2.24) is 5.16 Å². The van der Waals surface area contributed by atoms with E-state index in [-0.39, 0.29) is 12.2 Å². The van der Waals surface area contributed by atoms with Crippen molar-refractivity contribution in [2.24, 2.45) is 0 Å². The molecule has 5 nitrogen and oxygen atoms in total. The van der Waals surface area contributed by atoms with Gasteiger partial charge in [0, 0.05) is 5.56 Å². The van der Waals surface area contributed by atoms with Crippen LogP contribution in [0, 0.1) is 18.3 Å². The monoisotopic (exact) mass is 332 g/mol. The van der Waals surface area contributed by atoms with Gasteiger partial charge in [0.25, 0.3) is 0 Å². The summed E-state index contributed by atoms with van der Waals surface area (Å²) in [6, 6.07) is 15.2. The maximum atomic E-state index is 11.8. The van der Waals surface area contributed by atoms with Crippen molar-refractivity contribution in [2.75, 3.05) is 6.61 Å². The lowest BCUT2D eigenvalue weighted by atomic mass is 10.0. The topological polar surface area (TPSA) is 76.1 Å². The summed E-state index contributed by atoms with van der Waals surface area (Å²) in [5.41, 5.74) is 3.44. The molecule has 0 fully saturated rings. The summed E-state index contributed by atoms with van der Waals surface area (Å²) in [5, 5.41) is 14.1. The van der Waals surface area contributed by atoms with Crippen LogP contribution in [0.3, 0.4) is 0 Å². The molecule has 0 bridgehead atoms. The van der Waals surface area contributed by atoms with E-state index in [0.29, 0.717) is 16.8 Å². The van der Waals surface area contributed by atoms with E-state index in [1.807, 2.05) is 43.3 Å². The van der Waals surface area contributed by atoms with Gasteiger partial charge in [-0.1, -0.05) is 41.1 Å². The summed E-state index contributed by atoms with van der Waals surface area (Å²) >= 11 is 0. The van der Waals surface area contributed by atoms with Gasteiger partial charge in [0.05, 0.1) is 12.0 Å². The van der Waals surface area contributed by atoms with E-state index in [4.69, 9.17) is 14.5 Å². The highest BCUT2D eigenvalue weighted by molar-refractivity contribution is 5.99. The number of hydrogen-bond acceptors (Lipinski definition) is 5. The molecule has 0 aliphatic rings. The quantitative estimate of drug-likeness (QED) is 0.405. The van der Waals surface area contributed by atoms with Gasteiger partial charge in [0.2, 0.25) is 0 Å². The fourth-order valence-corrected chi connectivity index (χ4v) is 2.47. The van der Waals surface area contributed by atoms with Crippen LogP contribution in [-0.2, 0) is 9.53 Å². The summed E-state index contributed by atoms with van der Waals surface area (Å²) in [5.74, 6) is 0.0223. The molecule has 1 aromatic heterocycles. The Balaban J connectivity index is 2.05. The second-order valence-electron chi connectivity index (χ2n) is 5.54. The number of esters is 1. The standard InChI is InChI=1S/C20H16N2O3/c1-3-24-20(23)16(12-21)10-14-6-9-18-17(11-14)19(25-22-18)15-7-4-13(2)5-8-15/h4-11H,3H2,1-2H3/b16-10-. The van der Waals surface area contributed by atoms with Crippen LogP contribution in [-0.4, -0.2) is 17.7 Å². The SMILES string of the molecule is CCOC(=O)/C(C#N)=C\c1ccc2noc(-c3ccc(C)cc3)c2c1. The number of nitriles is 1. The maximum absolute atomic E-state index is 11.8. The van der Waals surface area contributed by atoms with Crippen molar-refractivity contribution in [3.8, 4) is 17.4 Å². The maximum Gasteiger partial charge on any atom is 0.348 e. The molecule has 0 unspecified atom stereocenters. The van der Waals surface area contributed by atoms with Gasteiger partial charge in [-0.05, 0) is 37.6 Å². The summed E-state index contributed by atoms with van der Waals surface area (Å²) < 4.78 is 10.4. The van der Waals surface area contributed by atoms with E-state index < -0.39 is 5.97 Å². The summed E-state index contributed by atoms with van der Waals surface area (Å²) in [6.07, 6.45) is 1.50. The second-order valence-corrected chi connectivity index (χ2v) is 5.54. The minimum absolute atomic E-state index is 0.0467. The molecule has 124 valence electrons. The second kappa shape index (κ2) is 7.02. The highest BCUT2D eigenvalue weighted by atomic mass is 16.5. The number of hydrogen-bond donors (Lipinski definition) is 0. The van der Waals surface area contributed by atoms with Crippen LogP contribution in [0.1, 0.15) is 18.1 Å². The highest BCUT2D eigenvalue weighted by Crippen LogP contribution is 2.30. The Bertz CT molecular complexity index is 992. The van der Waals surface area contributed by atoms with Crippen molar-refractivity contribution >= 4 is 22.9 Å². The van der Waals surface area contributed by atoms with Crippen LogP contribution in [0.2, 0.25) is 0 Å². The van der Waals surface area contributed by atoms with Crippen molar-refractivity contribution in [3.05, 3.63) is 59.2 Å². The Labute approximate surface area is 145 Å². The summed E-state index contributed by atoms with van der Waals surface area (Å²) in [6.45, 7) is 3.94. The zero-order chi connectivity index (χ0) is 17.8. The Morgan fingerprint density at radius 2 is 2.04 bits per heavy atom. The van der Waals surface area contributed by atoms with Gasteiger partial charge in [-0.3, -0.25) is 0 Å². The third-order valence-electron chi connectivity index (χ3n) is 3.74. The lowest BCUT2D eigenvalue weighted by molar-refractivity contribution is -0.137. The molecule has 0 radical (unpaired) electrons. The molecular weight excluding hydrogens is 316 g/mol. The van der Waals surface area contributed by atoms with E-state index in [2.05, 4.69) is 5.16 Å². The molecule has 0 aliphatic carbocycles. The normalized spacial score (nSPS) is 11.3. The molecule has 3 rings (SSSR count). The molecule has 3 aromatic rings. The molecule has 0 amide bonds. The van der Waals surface area contributed by atoms with Crippen LogP contribution < -0.4 is 0 Å². The van der Waals surface area contributed by atoms with Crippen molar-refractivity contribution < 1.29 is 14.1 Å². The van der Waals surface area contributed by atoms with Gasteiger partial charge in [-0.2, -0.15) is 5.26 Å². The Hall–Kier alpha value is -3.39. The fourth-order valence-electron chi connectivity index (χ4n) is 2.47. The lowest BCUT2D eigenvalue weighted by Gasteiger charge is -2.01. The number of rotatable bonds is 4. The first-order chi connectivity index (χ1) is 12.1. The van der Waals surface area contributed by atoms with Gasteiger partial charge >= 0.3 is 5.97 Å². The lowest BCUT2D eigenvalue weighted by Crippen LogP contribution is -2.05. The molecule has 0 N–H and O–H groups in total. The molecule has 25 heavy (non-hydrogen) atoms. The average Bonchev–Trinajstić information content (AvgIpc) is 3.03. The number of nitrogens with zero attached hydrogens (tertiary/aromatic N) is 2. The van der Waals surface area contributed by atoms with Crippen LogP contribution >= 0.6 is 0 Å². The predicted molar refractivity (Wildman–Crippen MR) is 94.4 cm³/mol. The third-order valence-corrected chi connectivity index (χ3v) is 3.74. The predicted octanol–water partition coefficient (Wildman–Crippen LogP) is 4.27. The number of benzene rings is 2. The van der Waals surface area contributed by atoms with Gasteiger partial charge in [0.1, 0.15) is 17.2 Å². The molecule has 0 spiro atoms. The summed E-state index contributed by atoms with van der Waals surface area (Å²) in [7, 11) is 0. The number of ether oxygens (including phenoxy) is 1. The van der Waals surface area contributed by atoms with Crippen LogP contribution in [0.25, 0.3) is 28.3 Å². The van der Waals surface area contributed by atoms with Crippen molar-refractivity contribution in [1.29, 1.82) is 5.26 Å². The average molecular weight is 332 g/mol. The molecule has 0 aliphatic heterocycles. The molecule has 0 atom stereocenters. The zero-order valence-electron chi connectivity index (χ0n) is 13.9. The third kappa shape index (κ3) is 3.43. The van der Waals surface area contributed by atoms with Gasteiger partial charge < -0.3 is 9.26 Å². The Kier molecular flexibility index (Phi) is 4.62. The Morgan fingerprint density at radius 1 is 1.28 bits per heavy atom.